The lowest BCUT2D eigenvalue weighted by atomic mass is 10.1. The topological polar surface area (TPSA) is 37.1 Å². The first-order valence-electron chi connectivity index (χ1n) is 9.22. The molecule has 0 aliphatic heterocycles. The van der Waals surface area contributed by atoms with Crippen LogP contribution in [0.15, 0.2) is 93.4 Å². The molecule has 3 heteroatoms. The fourth-order valence-electron chi connectivity index (χ4n) is 2.68. The second-order valence-corrected chi connectivity index (χ2v) is 6.16. The molecule has 0 aliphatic carbocycles. The molecular weight excluding hydrogens is 330 g/mol. The Morgan fingerprint density at radius 2 is 1.74 bits per heavy atom. The number of hydrogen-bond acceptors (Lipinski definition) is 1. The SMILES string of the molecule is C=NC(=NC(=NCC(/C=C\C)=C/CC)c1ccccc1)c1cccc(C)c1. The molecule has 0 saturated heterocycles. The van der Waals surface area contributed by atoms with Gasteiger partial charge in [0, 0.05) is 11.1 Å². The zero-order valence-electron chi connectivity index (χ0n) is 16.4. The van der Waals surface area contributed by atoms with Gasteiger partial charge in [-0.3, -0.25) is 4.99 Å². The first-order chi connectivity index (χ1) is 13.2. The molecule has 0 aliphatic rings. The molecule has 0 heterocycles. The Hall–Kier alpha value is -3.07. The maximum atomic E-state index is 4.79. The van der Waals surface area contributed by atoms with Gasteiger partial charge in [-0.1, -0.05) is 79.2 Å². The number of allylic oxidation sites excluding steroid dienone is 2. The Morgan fingerprint density at radius 3 is 2.37 bits per heavy atom. The summed E-state index contributed by atoms with van der Waals surface area (Å²) in [6, 6.07) is 18.1. The predicted molar refractivity (Wildman–Crippen MR) is 118 cm³/mol. The summed E-state index contributed by atoms with van der Waals surface area (Å²) in [7, 11) is 0. The van der Waals surface area contributed by atoms with Crippen LogP contribution in [0.3, 0.4) is 0 Å². The van der Waals surface area contributed by atoms with Gasteiger partial charge in [0.1, 0.15) is 0 Å². The van der Waals surface area contributed by atoms with Gasteiger partial charge in [-0.25, -0.2) is 9.98 Å². The average Bonchev–Trinajstić information content (AvgIpc) is 2.69. The van der Waals surface area contributed by atoms with E-state index in [2.05, 4.69) is 49.8 Å². The van der Waals surface area contributed by atoms with Crippen LogP contribution in [0.2, 0.25) is 0 Å². The molecule has 0 fully saturated rings. The molecular formula is C24H27N3. The van der Waals surface area contributed by atoms with Crippen molar-refractivity contribution in [2.75, 3.05) is 6.54 Å². The minimum absolute atomic E-state index is 0.574. The Kier molecular flexibility index (Phi) is 8.11. The van der Waals surface area contributed by atoms with Gasteiger partial charge in [-0.05, 0) is 38.6 Å². The summed E-state index contributed by atoms with van der Waals surface area (Å²) in [5.41, 5.74) is 4.23. The Balaban J connectivity index is 2.47. The van der Waals surface area contributed by atoms with Gasteiger partial charge >= 0.3 is 0 Å². The zero-order chi connectivity index (χ0) is 19.5. The van der Waals surface area contributed by atoms with E-state index in [4.69, 9.17) is 9.98 Å². The van der Waals surface area contributed by atoms with Crippen LogP contribution in [0.4, 0.5) is 0 Å². The standard InChI is InChI=1S/C24H27N3/c1-5-11-20(12-6-2)18-26-24(21-14-8-7-9-15-21)27-23(25-4)22-16-10-13-19(3)17-22/h5,7-17H,4,6,18H2,1-3H3/b11-5-,20-12+,26-24?,27-23?. The number of nitrogens with zero attached hydrogens (tertiary/aromatic N) is 3. The van der Waals surface area contributed by atoms with Crippen LogP contribution in [0, 0.1) is 6.92 Å². The highest BCUT2D eigenvalue weighted by Gasteiger charge is 2.07. The van der Waals surface area contributed by atoms with Crippen molar-refractivity contribution in [2.45, 2.75) is 27.2 Å². The van der Waals surface area contributed by atoms with Gasteiger partial charge in [0.2, 0.25) is 0 Å². The maximum absolute atomic E-state index is 4.79. The lowest BCUT2D eigenvalue weighted by Gasteiger charge is -2.06. The van der Waals surface area contributed by atoms with Crippen molar-refractivity contribution in [2.24, 2.45) is 15.0 Å². The number of aliphatic imine (C=N–C) groups is 3. The highest BCUT2D eigenvalue weighted by atomic mass is 15.0. The van der Waals surface area contributed by atoms with E-state index in [1.165, 1.54) is 5.57 Å². The minimum Gasteiger partial charge on any atom is -0.261 e. The van der Waals surface area contributed by atoms with E-state index in [-0.39, 0.29) is 0 Å². The smallest absolute Gasteiger partial charge is 0.161 e. The van der Waals surface area contributed by atoms with Gasteiger partial charge in [0.05, 0.1) is 6.54 Å². The molecule has 27 heavy (non-hydrogen) atoms. The average molecular weight is 358 g/mol. The van der Waals surface area contributed by atoms with Crippen molar-refractivity contribution in [3.05, 3.63) is 95.1 Å². The number of hydrogen-bond donors (Lipinski definition) is 0. The van der Waals surface area contributed by atoms with E-state index >= 15 is 0 Å². The molecule has 0 aromatic heterocycles. The first kappa shape index (κ1) is 20.2. The summed E-state index contributed by atoms with van der Waals surface area (Å²) >= 11 is 0. The molecule has 2 aromatic rings. The molecule has 0 saturated carbocycles. The highest BCUT2D eigenvalue weighted by Crippen LogP contribution is 2.11. The third kappa shape index (κ3) is 6.30. The Morgan fingerprint density at radius 1 is 1.00 bits per heavy atom. The quantitative estimate of drug-likeness (QED) is 0.356. The van der Waals surface area contributed by atoms with Crippen LogP contribution in [0.25, 0.3) is 0 Å². The number of aryl methyl sites for hydroxylation is 1. The van der Waals surface area contributed by atoms with Crippen molar-refractivity contribution in [1.29, 1.82) is 0 Å². The second-order valence-electron chi connectivity index (χ2n) is 6.16. The second kappa shape index (κ2) is 10.8. The van der Waals surface area contributed by atoms with Crippen molar-refractivity contribution >= 4 is 18.4 Å². The molecule has 3 nitrogen and oxygen atoms in total. The van der Waals surface area contributed by atoms with E-state index in [1.54, 1.807) is 0 Å². The zero-order valence-corrected chi connectivity index (χ0v) is 16.4. The molecule has 2 rings (SSSR count). The minimum atomic E-state index is 0.574. The van der Waals surface area contributed by atoms with Gasteiger partial charge < -0.3 is 0 Å². The molecule has 0 atom stereocenters. The van der Waals surface area contributed by atoms with Crippen LogP contribution in [-0.4, -0.2) is 24.9 Å². The fourth-order valence-corrected chi connectivity index (χ4v) is 2.68. The lowest BCUT2D eigenvalue weighted by Crippen LogP contribution is -2.06. The summed E-state index contributed by atoms with van der Waals surface area (Å²) in [6.07, 6.45) is 7.28. The largest absolute Gasteiger partial charge is 0.261 e. The summed E-state index contributed by atoms with van der Waals surface area (Å²) in [6.45, 7) is 10.5. The summed E-state index contributed by atoms with van der Waals surface area (Å²) < 4.78 is 0. The van der Waals surface area contributed by atoms with E-state index < -0.39 is 0 Å². The molecule has 0 amide bonds. The first-order valence-corrected chi connectivity index (χ1v) is 9.22. The summed E-state index contributed by atoms with van der Waals surface area (Å²) in [4.78, 5) is 13.7. The monoisotopic (exact) mass is 357 g/mol. The third-order valence-electron chi connectivity index (χ3n) is 3.93. The van der Waals surface area contributed by atoms with E-state index in [9.17, 15) is 0 Å². The highest BCUT2D eigenvalue weighted by molar-refractivity contribution is 6.12. The number of rotatable bonds is 6. The predicted octanol–water partition coefficient (Wildman–Crippen LogP) is 5.80. The number of benzene rings is 2. The van der Waals surface area contributed by atoms with Gasteiger partial charge in [0.25, 0.3) is 0 Å². The van der Waals surface area contributed by atoms with Crippen molar-refractivity contribution in [3.63, 3.8) is 0 Å². The van der Waals surface area contributed by atoms with E-state index in [1.807, 2.05) is 55.5 Å². The Bertz CT molecular complexity index is 872. The lowest BCUT2D eigenvalue weighted by molar-refractivity contribution is 1.12. The maximum Gasteiger partial charge on any atom is 0.161 e. The van der Waals surface area contributed by atoms with Crippen LogP contribution < -0.4 is 0 Å². The Labute approximate surface area is 162 Å². The fraction of sp³-hybridized carbons (Fsp3) is 0.208. The summed E-state index contributed by atoms with van der Waals surface area (Å²) in [5, 5.41) is 0. The molecule has 0 bridgehead atoms. The van der Waals surface area contributed by atoms with Crippen molar-refractivity contribution in [3.8, 4) is 0 Å². The summed E-state index contributed by atoms with van der Waals surface area (Å²) in [5.74, 6) is 1.24. The van der Waals surface area contributed by atoms with Gasteiger partial charge in [-0.2, -0.15) is 0 Å². The van der Waals surface area contributed by atoms with Gasteiger partial charge in [0.15, 0.2) is 11.7 Å². The molecule has 138 valence electrons. The number of amidine groups is 2. The van der Waals surface area contributed by atoms with Gasteiger partial charge in [-0.15, -0.1) is 0 Å². The van der Waals surface area contributed by atoms with Crippen molar-refractivity contribution in [1.82, 2.24) is 0 Å². The molecule has 0 unspecified atom stereocenters. The molecule has 0 spiro atoms. The van der Waals surface area contributed by atoms with Crippen LogP contribution in [-0.2, 0) is 0 Å². The molecule has 0 radical (unpaired) electrons. The normalized spacial score (nSPS) is 13.2. The van der Waals surface area contributed by atoms with Crippen LogP contribution in [0.5, 0.6) is 0 Å². The van der Waals surface area contributed by atoms with Crippen LogP contribution >= 0.6 is 0 Å². The molecule has 0 N–H and O–H groups in total. The van der Waals surface area contributed by atoms with E-state index in [0.717, 1.165) is 23.1 Å². The van der Waals surface area contributed by atoms with Crippen LogP contribution in [0.1, 0.15) is 37.0 Å². The molecule has 2 aromatic carbocycles. The third-order valence-corrected chi connectivity index (χ3v) is 3.93. The van der Waals surface area contributed by atoms with Crippen molar-refractivity contribution < 1.29 is 0 Å². The van der Waals surface area contributed by atoms with E-state index in [0.29, 0.717) is 18.2 Å².